The molecule has 0 aliphatic heterocycles. The highest BCUT2D eigenvalue weighted by Gasteiger charge is 2.04. The van der Waals surface area contributed by atoms with E-state index in [1.54, 1.807) is 12.3 Å². The van der Waals surface area contributed by atoms with Crippen LogP contribution in [0.2, 0.25) is 0 Å². The van der Waals surface area contributed by atoms with Crippen molar-refractivity contribution in [3.05, 3.63) is 63.6 Å². The Morgan fingerprint density at radius 2 is 1.82 bits per heavy atom. The van der Waals surface area contributed by atoms with Crippen molar-refractivity contribution in [3.8, 4) is 11.8 Å². The Balaban J connectivity index is 2.70. The predicted molar refractivity (Wildman–Crippen MR) is 66.2 cm³/mol. The lowest BCUT2D eigenvalue weighted by atomic mass is 10.1. The first-order chi connectivity index (χ1) is 8.11. The third kappa shape index (κ3) is 2.11. The van der Waals surface area contributed by atoms with Crippen LogP contribution in [0.1, 0.15) is 16.7 Å². The van der Waals surface area contributed by atoms with E-state index in [4.69, 9.17) is 5.26 Å². The van der Waals surface area contributed by atoms with E-state index >= 15 is 0 Å². The molecule has 0 fully saturated rings. The standard InChI is InChI=1S/C14H12N2O/c1-10-6-11(2)8-13(7-10)16-5-3-4-12(9-15)14(16)17/h3-8H,1-2H3. The molecule has 1 heterocycles. The van der Waals surface area contributed by atoms with E-state index in [-0.39, 0.29) is 11.1 Å². The molecule has 0 bridgehead atoms. The SMILES string of the molecule is Cc1cc(C)cc(-n2cccc(C#N)c2=O)c1. The van der Waals surface area contributed by atoms with Gasteiger partial charge in [0.25, 0.3) is 5.56 Å². The number of pyridine rings is 1. The second kappa shape index (κ2) is 4.26. The third-order valence-electron chi connectivity index (χ3n) is 2.55. The zero-order valence-electron chi connectivity index (χ0n) is 9.77. The van der Waals surface area contributed by atoms with Crippen molar-refractivity contribution in [1.29, 1.82) is 5.26 Å². The topological polar surface area (TPSA) is 45.8 Å². The summed E-state index contributed by atoms with van der Waals surface area (Å²) in [4.78, 5) is 12.0. The molecule has 84 valence electrons. The molecular weight excluding hydrogens is 212 g/mol. The van der Waals surface area contributed by atoms with Crippen LogP contribution < -0.4 is 5.56 Å². The van der Waals surface area contributed by atoms with Gasteiger partial charge in [-0.25, -0.2) is 0 Å². The zero-order chi connectivity index (χ0) is 12.4. The maximum Gasteiger partial charge on any atom is 0.272 e. The lowest BCUT2D eigenvalue weighted by molar-refractivity contribution is 0.977. The molecule has 0 amide bonds. The Morgan fingerprint density at radius 3 is 2.41 bits per heavy atom. The molecule has 0 N–H and O–H groups in total. The summed E-state index contributed by atoms with van der Waals surface area (Å²) in [6.45, 7) is 3.96. The highest BCUT2D eigenvalue weighted by Crippen LogP contribution is 2.12. The fourth-order valence-corrected chi connectivity index (χ4v) is 1.87. The number of hydrogen-bond acceptors (Lipinski definition) is 2. The molecule has 0 atom stereocenters. The molecule has 0 aliphatic carbocycles. The van der Waals surface area contributed by atoms with E-state index in [1.165, 1.54) is 10.6 Å². The number of hydrogen-bond donors (Lipinski definition) is 0. The number of benzene rings is 1. The summed E-state index contributed by atoms with van der Waals surface area (Å²) in [5.74, 6) is 0. The lowest BCUT2D eigenvalue weighted by Gasteiger charge is -2.08. The van der Waals surface area contributed by atoms with Gasteiger partial charge in [0, 0.05) is 11.9 Å². The van der Waals surface area contributed by atoms with Crippen LogP contribution in [-0.2, 0) is 0 Å². The van der Waals surface area contributed by atoms with Crippen LogP contribution >= 0.6 is 0 Å². The molecule has 17 heavy (non-hydrogen) atoms. The first kappa shape index (κ1) is 11.2. The summed E-state index contributed by atoms with van der Waals surface area (Å²) in [6, 6.07) is 11.0. The van der Waals surface area contributed by atoms with Crippen molar-refractivity contribution in [3.63, 3.8) is 0 Å². The quantitative estimate of drug-likeness (QED) is 0.746. The van der Waals surface area contributed by atoms with Crippen molar-refractivity contribution in [1.82, 2.24) is 4.57 Å². The molecule has 1 aromatic heterocycles. The molecule has 0 unspecified atom stereocenters. The van der Waals surface area contributed by atoms with Gasteiger partial charge in [-0.1, -0.05) is 6.07 Å². The Hall–Kier alpha value is -2.34. The number of rotatable bonds is 1. The lowest BCUT2D eigenvalue weighted by Crippen LogP contribution is -2.20. The molecule has 1 aromatic carbocycles. The maximum atomic E-state index is 12.0. The van der Waals surface area contributed by atoms with Crippen LogP contribution in [0.3, 0.4) is 0 Å². The van der Waals surface area contributed by atoms with Crippen LogP contribution in [0, 0.1) is 25.2 Å². The van der Waals surface area contributed by atoms with Gasteiger partial charge in [-0.05, 0) is 49.2 Å². The minimum Gasteiger partial charge on any atom is -0.283 e. The van der Waals surface area contributed by atoms with E-state index in [0.717, 1.165) is 16.8 Å². The summed E-state index contributed by atoms with van der Waals surface area (Å²) >= 11 is 0. The monoisotopic (exact) mass is 224 g/mol. The van der Waals surface area contributed by atoms with Crippen LogP contribution in [-0.4, -0.2) is 4.57 Å². The summed E-state index contributed by atoms with van der Waals surface area (Å²) in [7, 11) is 0. The fraction of sp³-hybridized carbons (Fsp3) is 0.143. The second-order valence-corrected chi connectivity index (χ2v) is 4.05. The van der Waals surface area contributed by atoms with Crippen molar-refractivity contribution >= 4 is 0 Å². The van der Waals surface area contributed by atoms with Crippen LogP contribution in [0.4, 0.5) is 0 Å². The van der Waals surface area contributed by atoms with Gasteiger partial charge in [0.05, 0.1) is 0 Å². The number of nitrogens with zero attached hydrogens (tertiary/aromatic N) is 2. The molecule has 3 nitrogen and oxygen atoms in total. The van der Waals surface area contributed by atoms with Gasteiger partial charge in [0.1, 0.15) is 11.6 Å². The molecule has 0 saturated heterocycles. The Kier molecular flexibility index (Phi) is 2.80. The fourth-order valence-electron chi connectivity index (χ4n) is 1.87. The Bertz CT molecular complexity index is 642. The number of nitriles is 1. The third-order valence-corrected chi connectivity index (χ3v) is 2.55. The van der Waals surface area contributed by atoms with Crippen LogP contribution in [0.25, 0.3) is 5.69 Å². The van der Waals surface area contributed by atoms with Gasteiger partial charge < -0.3 is 0 Å². The van der Waals surface area contributed by atoms with E-state index in [0.29, 0.717) is 0 Å². The smallest absolute Gasteiger partial charge is 0.272 e. The van der Waals surface area contributed by atoms with E-state index in [2.05, 4.69) is 0 Å². The van der Waals surface area contributed by atoms with Crippen LogP contribution in [0.5, 0.6) is 0 Å². The average Bonchev–Trinajstić information content (AvgIpc) is 2.28. The molecule has 0 saturated carbocycles. The van der Waals surface area contributed by atoms with Crippen molar-refractivity contribution < 1.29 is 0 Å². The molecule has 2 rings (SSSR count). The second-order valence-electron chi connectivity index (χ2n) is 4.05. The van der Waals surface area contributed by atoms with Crippen molar-refractivity contribution in [2.75, 3.05) is 0 Å². The first-order valence-electron chi connectivity index (χ1n) is 5.32. The van der Waals surface area contributed by atoms with E-state index in [9.17, 15) is 4.79 Å². The van der Waals surface area contributed by atoms with E-state index < -0.39 is 0 Å². The molecular formula is C14H12N2O. The maximum absolute atomic E-state index is 12.0. The van der Waals surface area contributed by atoms with Gasteiger partial charge >= 0.3 is 0 Å². The van der Waals surface area contributed by atoms with Gasteiger partial charge in [-0.2, -0.15) is 5.26 Å². The largest absolute Gasteiger partial charge is 0.283 e. The molecule has 3 heteroatoms. The van der Waals surface area contributed by atoms with Crippen molar-refractivity contribution in [2.24, 2.45) is 0 Å². The zero-order valence-corrected chi connectivity index (χ0v) is 9.77. The van der Waals surface area contributed by atoms with Crippen LogP contribution in [0.15, 0.2) is 41.3 Å². The predicted octanol–water partition coefficient (Wildman–Crippen LogP) is 2.33. The minimum absolute atomic E-state index is 0.159. The minimum atomic E-state index is -0.278. The van der Waals surface area contributed by atoms with Gasteiger partial charge in [-0.15, -0.1) is 0 Å². The summed E-state index contributed by atoms with van der Waals surface area (Å²) in [5, 5.41) is 8.84. The first-order valence-corrected chi connectivity index (χ1v) is 5.32. The molecule has 0 radical (unpaired) electrons. The van der Waals surface area contributed by atoms with E-state index in [1.807, 2.05) is 38.1 Å². The average molecular weight is 224 g/mol. The van der Waals surface area contributed by atoms with Gasteiger partial charge in [0.2, 0.25) is 0 Å². The van der Waals surface area contributed by atoms with Gasteiger partial charge in [0.15, 0.2) is 0 Å². The number of aryl methyl sites for hydroxylation is 2. The molecule has 0 aliphatic rings. The highest BCUT2D eigenvalue weighted by atomic mass is 16.1. The highest BCUT2D eigenvalue weighted by molar-refractivity contribution is 5.41. The molecule has 0 spiro atoms. The summed E-state index contributed by atoms with van der Waals surface area (Å²) in [5.41, 5.74) is 2.86. The van der Waals surface area contributed by atoms with Gasteiger partial charge in [-0.3, -0.25) is 9.36 Å². The number of aromatic nitrogens is 1. The Labute approximate surface area is 99.6 Å². The Morgan fingerprint density at radius 1 is 1.18 bits per heavy atom. The normalized spacial score (nSPS) is 9.94. The molecule has 2 aromatic rings. The summed E-state index contributed by atoms with van der Waals surface area (Å²) < 4.78 is 1.50. The van der Waals surface area contributed by atoms with Crippen molar-refractivity contribution in [2.45, 2.75) is 13.8 Å². The summed E-state index contributed by atoms with van der Waals surface area (Å²) in [6.07, 6.45) is 1.68.